The lowest BCUT2D eigenvalue weighted by Crippen LogP contribution is -2.13. The molecule has 1 aliphatic heterocycles. The Balaban J connectivity index is 1.47. The number of rotatable bonds is 7. The number of anilines is 4. The zero-order valence-electron chi connectivity index (χ0n) is 17.9. The highest BCUT2D eigenvalue weighted by Crippen LogP contribution is 2.32. The number of hydrogen-bond donors (Lipinski definition) is 3. The third-order valence-corrected chi connectivity index (χ3v) is 6.01. The van der Waals surface area contributed by atoms with Gasteiger partial charge in [-0.15, -0.1) is 0 Å². The van der Waals surface area contributed by atoms with Crippen LogP contribution in [0.25, 0.3) is 0 Å². The fraction of sp³-hybridized carbons (Fsp3) is 0.273. The summed E-state index contributed by atoms with van der Waals surface area (Å²) in [6, 6.07) is 13.4. The molecule has 0 bridgehead atoms. The van der Waals surface area contributed by atoms with E-state index in [4.69, 9.17) is 9.47 Å². The fourth-order valence-electron chi connectivity index (χ4n) is 3.16. The first kappa shape index (κ1) is 21.7. The quantitative estimate of drug-likeness (QED) is 0.491. The summed E-state index contributed by atoms with van der Waals surface area (Å²) in [6.45, 7) is 5.63. The number of benzene rings is 2. The highest BCUT2D eigenvalue weighted by atomic mass is 32.2. The summed E-state index contributed by atoms with van der Waals surface area (Å²) in [5, 5.41) is 6.30. The monoisotopic (exact) mass is 455 g/mol. The molecule has 0 amide bonds. The Kier molecular flexibility index (Phi) is 6.31. The summed E-state index contributed by atoms with van der Waals surface area (Å²) in [5.41, 5.74) is 2.04. The Morgan fingerprint density at radius 3 is 2.41 bits per heavy atom. The fourth-order valence-corrected chi connectivity index (χ4v) is 4.24. The molecule has 0 saturated carbocycles. The van der Waals surface area contributed by atoms with Crippen molar-refractivity contribution in [1.82, 2.24) is 9.97 Å². The van der Waals surface area contributed by atoms with Crippen LogP contribution in [0.4, 0.5) is 23.1 Å². The van der Waals surface area contributed by atoms with E-state index >= 15 is 0 Å². The van der Waals surface area contributed by atoms with E-state index in [1.807, 2.05) is 19.9 Å². The van der Waals surface area contributed by atoms with E-state index in [0.29, 0.717) is 42.2 Å². The van der Waals surface area contributed by atoms with Crippen molar-refractivity contribution in [2.24, 2.45) is 0 Å². The van der Waals surface area contributed by atoms with Crippen LogP contribution < -0.4 is 24.8 Å². The van der Waals surface area contributed by atoms with Gasteiger partial charge in [0, 0.05) is 42.2 Å². The Morgan fingerprint density at radius 2 is 1.66 bits per heavy atom. The molecule has 10 heteroatoms. The average Bonchev–Trinajstić information content (AvgIpc) is 3.00. The zero-order valence-corrected chi connectivity index (χ0v) is 18.7. The van der Waals surface area contributed by atoms with Gasteiger partial charge >= 0.3 is 0 Å². The van der Waals surface area contributed by atoms with Crippen molar-refractivity contribution in [3.8, 4) is 11.5 Å². The van der Waals surface area contributed by atoms with Crippen LogP contribution in [-0.2, 0) is 10.0 Å². The highest BCUT2D eigenvalue weighted by molar-refractivity contribution is 7.92. The van der Waals surface area contributed by atoms with Crippen LogP contribution in [0.5, 0.6) is 11.5 Å². The SMILES string of the molecule is CCNc1nc(C)cc(Nc2ccc(NS(=O)(=O)c3ccc4c(c3)OCCCO4)cc2)n1. The van der Waals surface area contributed by atoms with Crippen LogP contribution in [0.1, 0.15) is 19.0 Å². The average molecular weight is 456 g/mol. The molecule has 0 aliphatic carbocycles. The molecular formula is C22H25N5O4S. The predicted octanol–water partition coefficient (Wildman–Crippen LogP) is 3.92. The smallest absolute Gasteiger partial charge is 0.262 e. The molecule has 4 rings (SSSR count). The molecule has 0 unspecified atom stereocenters. The van der Waals surface area contributed by atoms with Gasteiger partial charge in [-0.1, -0.05) is 0 Å². The number of aryl methyl sites for hydroxylation is 1. The molecule has 9 nitrogen and oxygen atoms in total. The number of fused-ring (bicyclic) bond motifs is 1. The normalized spacial score (nSPS) is 13.2. The molecule has 3 N–H and O–H groups in total. The molecule has 168 valence electrons. The third-order valence-electron chi connectivity index (χ3n) is 4.63. The van der Waals surface area contributed by atoms with Crippen molar-refractivity contribution >= 4 is 33.2 Å². The van der Waals surface area contributed by atoms with Gasteiger partial charge in [-0.25, -0.2) is 13.4 Å². The van der Waals surface area contributed by atoms with E-state index in [0.717, 1.165) is 24.3 Å². The largest absolute Gasteiger partial charge is 0.490 e. The van der Waals surface area contributed by atoms with E-state index in [1.165, 1.54) is 12.1 Å². The van der Waals surface area contributed by atoms with Gasteiger partial charge in [-0.3, -0.25) is 4.72 Å². The van der Waals surface area contributed by atoms with E-state index < -0.39 is 10.0 Å². The lowest BCUT2D eigenvalue weighted by Gasteiger charge is -2.12. The van der Waals surface area contributed by atoms with Crippen LogP contribution in [0.15, 0.2) is 53.4 Å². The Labute approximate surface area is 187 Å². The van der Waals surface area contributed by atoms with Crippen LogP contribution >= 0.6 is 0 Å². The van der Waals surface area contributed by atoms with E-state index in [1.54, 1.807) is 30.3 Å². The molecule has 0 atom stereocenters. The van der Waals surface area contributed by atoms with Crippen molar-refractivity contribution in [1.29, 1.82) is 0 Å². The first-order chi connectivity index (χ1) is 15.4. The first-order valence-electron chi connectivity index (χ1n) is 10.3. The van der Waals surface area contributed by atoms with Crippen molar-refractivity contribution in [2.45, 2.75) is 25.2 Å². The van der Waals surface area contributed by atoms with Gasteiger partial charge in [0.2, 0.25) is 5.95 Å². The number of hydrogen-bond acceptors (Lipinski definition) is 8. The molecule has 1 aromatic heterocycles. The molecule has 2 heterocycles. The van der Waals surface area contributed by atoms with Gasteiger partial charge in [0.15, 0.2) is 11.5 Å². The number of aromatic nitrogens is 2. The maximum atomic E-state index is 12.8. The lowest BCUT2D eigenvalue weighted by atomic mass is 10.3. The summed E-state index contributed by atoms with van der Waals surface area (Å²) in [6.07, 6.45) is 0.750. The minimum absolute atomic E-state index is 0.108. The zero-order chi connectivity index (χ0) is 22.6. The van der Waals surface area contributed by atoms with Crippen LogP contribution in [0, 0.1) is 6.92 Å². The Hall–Kier alpha value is -3.53. The van der Waals surface area contributed by atoms with Gasteiger partial charge in [0.25, 0.3) is 10.0 Å². The van der Waals surface area contributed by atoms with E-state index in [2.05, 4.69) is 25.3 Å². The topological polar surface area (TPSA) is 114 Å². The molecule has 0 spiro atoms. The van der Waals surface area contributed by atoms with Gasteiger partial charge < -0.3 is 20.1 Å². The maximum absolute atomic E-state index is 12.8. The van der Waals surface area contributed by atoms with Crippen LogP contribution in [-0.4, -0.2) is 38.1 Å². The summed E-state index contributed by atoms with van der Waals surface area (Å²) in [5.74, 6) is 2.18. The summed E-state index contributed by atoms with van der Waals surface area (Å²) in [7, 11) is -3.78. The van der Waals surface area contributed by atoms with Gasteiger partial charge in [-0.2, -0.15) is 4.98 Å². The van der Waals surface area contributed by atoms with Gasteiger partial charge in [0.1, 0.15) is 5.82 Å². The van der Waals surface area contributed by atoms with Crippen LogP contribution in [0.2, 0.25) is 0 Å². The standard InChI is InChI=1S/C22H25N5O4S/c1-3-23-22-24-15(2)13-21(26-22)25-16-5-7-17(8-6-16)27-32(28,29)18-9-10-19-20(14-18)31-12-4-11-30-19/h5-10,13-14,27H,3-4,11-12H2,1-2H3,(H2,23,24,25,26). The van der Waals surface area contributed by atoms with E-state index in [9.17, 15) is 8.42 Å². The second-order valence-electron chi connectivity index (χ2n) is 7.22. The second kappa shape index (κ2) is 9.31. The highest BCUT2D eigenvalue weighted by Gasteiger charge is 2.19. The van der Waals surface area contributed by atoms with Gasteiger partial charge in [-0.05, 0) is 50.2 Å². The molecule has 0 saturated heterocycles. The number of nitrogens with one attached hydrogen (secondary N) is 3. The lowest BCUT2D eigenvalue weighted by molar-refractivity contribution is 0.297. The minimum atomic E-state index is -3.78. The Bertz CT molecular complexity index is 1200. The van der Waals surface area contributed by atoms with Crippen molar-refractivity contribution < 1.29 is 17.9 Å². The minimum Gasteiger partial charge on any atom is -0.490 e. The third kappa shape index (κ3) is 5.20. The number of sulfonamides is 1. The number of ether oxygens (including phenoxy) is 2. The van der Waals surface area contributed by atoms with Gasteiger partial charge in [0.05, 0.1) is 18.1 Å². The summed E-state index contributed by atoms with van der Waals surface area (Å²) in [4.78, 5) is 8.85. The summed E-state index contributed by atoms with van der Waals surface area (Å²) < 4.78 is 39.4. The maximum Gasteiger partial charge on any atom is 0.262 e. The Morgan fingerprint density at radius 1 is 0.938 bits per heavy atom. The second-order valence-corrected chi connectivity index (χ2v) is 8.90. The van der Waals surface area contributed by atoms with Crippen molar-refractivity contribution in [2.75, 3.05) is 35.1 Å². The van der Waals surface area contributed by atoms with Crippen molar-refractivity contribution in [3.63, 3.8) is 0 Å². The number of nitrogens with zero attached hydrogens (tertiary/aromatic N) is 2. The van der Waals surface area contributed by atoms with Crippen molar-refractivity contribution in [3.05, 3.63) is 54.2 Å². The predicted molar refractivity (Wildman–Crippen MR) is 124 cm³/mol. The molecule has 1 aliphatic rings. The molecule has 2 aromatic carbocycles. The molecule has 3 aromatic rings. The summed E-state index contributed by atoms with van der Waals surface area (Å²) >= 11 is 0. The molecule has 32 heavy (non-hydrogen) atoms. The van der Waals surface area contributed by atoms with Crippen LogP contribution in [0.3, 0.4) is 0 Å². The van der Waals surface area contributed by atoms with E-state index in [-0.39, 0.29) is 4.90 Å². The molecular weight excluding hydrogens is 430 g/mol. The molecule has 0 fully saturated rings. The molecule has 0 radical (unpaired) electrons. The first-order valence-corrected chi connectivity index (χ1v) is 11.8.